The summed E-state index contributed by atoms with van der Waals surface area (Å²) in [6, 6.07) is 0.940. The number of nitrogens with zero attached hydrogens (tertiary/aromatic N) is 2. The normalized spacial score (nSPS) is 18.7. The first-order valence-electron chi connectivity index (χ1n) is 7.39. The minimum absolute atomic E-state index is 0. The Kier molecular flexibility index (Phi) is 11.5. The number of ether oxygens (including phenoxy) is 1. The molecule has 1 fully saturated rings. The molecule has 0 heterocycles. The lowest BCUT2D eigenvalue weighted by molar-refractivity contribution is 0.179. The summed E-state index contributed by atoms with van der Waals surface area (Å²) >= 11 is 0. The molecule has 0 aliphatic heterocycles. The second-order valence-electron chi connectivity index (χ2n) is 5.54. The predicted octanol–water partition coefficient (Wildman–Crippen LogP) is 1.81. The third kappa shape index (κ3) is 8.26. The summed E-state index contributed by atoms with van der Waals surface area (Å²) in [5.41, 5.74) is 5.83. The average Bonchev–Trinajstić information content (AvgIpc) is 2.39. The molecular weight excluding hydrogens is 367 g/mol. The molecule has 1 aliphatic rings. The lowest BCUT2D eigenvalue weighted by Crippen LogP contribution is -2.41. The highest BCUT2D eigenvalue weighted by Gasteiger charge is 2.17. The Bertz CT molecular complexity index is 270. The highest BCUT2D eigenvalue weighted by molar-refractivity contribution is 14.0. The van der Waals surface area contributed by atoms with Gasteiger partial charge in [0, 0.05) is 25.7 Å². The molecule has 0 aromatic carbocycles. The number of guanidine groups is 1. The smallest absolute Gasteiger partial charge is 0.188 e. The van der Waals surface area contributed by atoms with Crippen LogP contribution in [0.25, 0.3) is 0 Å². The number of methoxy groups -OCH3 is 1. The Morgan fingerprint density at radius 3 is 2.65 bits per heavy atom. The second kappa shape index (κ2) is 11.6. The van der Waals surface area contributed by atoms with Gasteiger partial charge in [0.15, 0.2) is 5.96 Å². The maximum absolute atomic E-state index is 5.83. The van der Waals surface area contributed by atoms with Gasteiger partial charge >= 0.3 is 0 Å². The molecule has 1 saturated carbocycles. The molecule has 0 bridgehead atoms. The van der Waals surface area contributed by atoms with Crippen LogP contribution in [0.4, 0.5) is 0 Å². The van der Waals surface area contributed by atoms with Crippen molar-refractivity contribution in [3.63, 3.8) is 0 Å². The molecule has 1 unspecified atom stereocenters. The van der Waals surface area contributed by atoms with Crippen LogP contribution in [-0.4, -0.2) is 56.8 Å². The van der Waals surface area contributed by atoms with E-state index < -0.39 is 0 Å². The Labute approximate surface area is 140 Å². The number of aliphatic imine (C=N–C) groups is 1. The molecule has 120 valence electrons. The molecule has 20 heavy (non-hydrogen) atoms. The molecule has 1 aliphatic carbocycles. The zero-order valence-electron chi connectivity index (χ0n) is 13.1. The lowest BCUT2D eigenvalue weighted by atomic mass is 9.94. The van der Waals surface area contributed by atoms with Gasteiger partial charge in [0.25, 0.3) is 0 Å². The zero-order chi connectivity index (χ0) is 14.1. The van der Waals surface area contributed by atoms with E-state index >= 15 is 0 Å². The Hall–Kier alpha value is -0.0800. The molecule has 0 radical (unpaired) electrons. The van der Waals surface area contributed by atoms with Crippen LogP contribution in [0.15, 0.2) is 4.99 Å². The highest BCUT2D eigenvalue weighted by Crippen LogP contribution is 2.21. The summed E-state index contributed by atoms with van der Waals surface area (Å²) < 4.78 is 5.05. The van der Waals surface area contributed by atoms with Crippen LogP contribution < -0.4 is 11.1 Å². The van der Waals surface area contributed by atoms with Crippen LogP contribution in [0, 0.1) is 0 Å². The van der Waals surface area contributed by atoms with Gasteiger partial charge in [-0.05, 0) is 26.8 Å². The predicted molar refractivity (Wildman–Crippen MR) is 95.9 cm³/mol. The van der Waals surface area contributed by atoms with Gasteiger partial charge in [-0.15, -0.1) is 24.0 Å². The molecule has 3 N–H and O–H groups in total. The number of nitrogens with one attached hydrogen (secondary N) is 1. The van der Waals surface area contributed by atoms with E-state index in [4.69, 9.17) is 10.5 Å². The summed E-state index contributed by atoms with van der Waals surface area (Å²) in [6.07, 6.45) is 6.81. The van der Waals surface area contributed by atoms with Crippen LogP contribution in [0.1, 0.15) is 39.0 Å². The molecule has 0 saturated heterocycles. The minimum Gasteiger partial charge on any atom is -0.383 e. The van der Waals surface area contributed by atoms with E-state index in [-0.39, 0.29) is 30.0 Å². The lowest BCUT2D eigenvalue weighted by Gasteiger charge is -2.30. The van der Waals surface area contributed by atoms with Crippen molar-refractivity contribution in [1.82, 2.24) is 10.2 Å². The van der Waals surface area contributed by atoms with Crippen molar-refractivity contribution in [1.29, 1.82) is 0 Å². The number of hydrogen-bond donors (Lipinski definition) is 2. The Morgan fingerprint density at radius 2 is 2.05 bits per heavy atom. The van der Waals surface area contributed by atoms with Gasteiger partial charge in [0.1, 0.15) is 0 Å². The quantitative estimate of drug-likeness (QED) is 0.390. The van der Waals surface area contributed by atoms with Crippen molar-refractivity contribution in [3.05, 3.63) is 0 Å². The van der Waals surface area contributed by atoms with Crippen LogP contribution in [0.2, 0.25) is 0 Å². The van der Waals surface area contributed by atoms with Gasteiger partial charge in [-0.2, -0.15) is 0 Å². The van der Waals surface area contributed by atoms with E-state index in [1.54, 1.807) is 7.11 Å². The van der Waals surface area contributed by atoms with E-state index in [0.29, 0.717) is 12.6 Å². The molecule has 0 spiro atoms. The van der Waals surface area contributed by atoms with E-state index in [1.807, 2.05) is 6.92 Å². The van der Waals surface area contributed by atoms with Crippen molar-refractivity contribution < 1.29 is 4.74 Å². The number of nitrogens with two attached hydrogens (primary N) is 1. The Morgan fingerprint density at radius 1 is 1.40 bits per heavy atom. The van der Waals surface area contributed by atoms with E-state index in [9.17, 15) is 0 Å². The topological polar surface area (TPSA) is 62.9 Å². The number of rotatable bonds is 7. The summed E-state index contributed by atoms with van der Waals surface area (Å²) in [4.78, 5) is 6.79. The fourth-order valence-corrected chi connectivity index (χ4v) is 2.62. The standard InChI is InChI=1S/C14H30N4O.HI/c1-12(11-19-3)17-14(15)16-9-10-18(2)13-7-5-4-6-8-13;/h12-13H,4-11H2,1-3H3,(H3,15,16,17);1H. The fourth-order valence-electron chi connectivity index (χ4n) is 2.62. The van der Waals surface area contributed by atoms with Gasteiger partial charge in [0.2, 0.25) is 0 Å². The molecule has 6 heteroatoms. The van der Waals surface area contributed by atoms with Gasteiger partial charge in [-0.3, -0.25) is 4.99 Å². The average molecular weight is 398 g/mol. The summed E-state index contributed by atoms with van der Waals surface area (Å²) in [5.74, 6) is 0.515. The number of halogens is 1. The van der Waals surface area contributed by atoms with Crippen LogP contribution in [0.3, 0.4) is 0 Å². The van der Waals surface area contributed by atoms with Crippen molar-refractivity contribution in [2.75, 3.05) is 33.9 Å². The van der Waals surface area contributed by atoms with Gasteiger partial charge < -0.3 is 20.7 Å². The van der Waals surface area contributed by atoms with E-state index in [0.717, 1.165) is 19.1 Å². The first-order chi connectivity index (χ1) is 9.13. The van der Waals surface area contributed by atoms with Crippen LogP contribution >= 0.6 is 24.0 Å². The zero-order valence-corrected chi connectivity index (χ0v) is 15.4. The molecule has 5 nitrogen and oxygen atoms in total. The maximum Gasteiger partial charge on any atom is 0.188 e. The molecule has 1 atom stereocenters. The summed E-state index contributed by atoms with van der Waals surface area (Å²) in [6.45, 7) is 4.40. The summed E-state index contributed by atoms with van der Waals surface area (Å²) in [7, 11) is 3.88. The number of hydrogen-bond acceptors (Lipinski definition) is 3. The first kappa shape index (κ1) is 19.9. The van der Waals surface area contributed by atoms with Crippen molar-refractivity contribution >= 4 is 29.9 Å². The van der Waals surface area contributed by atoms with E-state index in [2.05, 4.69) is 22.3 Å². The number of likely N-dealkylation sites (N-methyl/N-ethyl adjacent to an activating group) is 1. The first-order valence-corrected chi connectivity index (χ1v) is 7.39. The molecule has 0 aromatic rings. The van der Waals surface area contributed by atoms with E-state index in [1.165, 1.54) is 32.1 Å². The van der Waals surface area contributed by atoms with Crippen LogP contribution in [-0.2, 0) is 4.74 Å². The third-order valence-corrected chi connectivity index (χ3v) is 3.74. The minimum atomic E-state index is 0. The molecular formula is C14H31IN4O. The highest BCUT2D eigenvalue weighted by atomic mass is 127. The van der Waals surface area contributed by atoms with Crippen LogP contribution in [0.5, 0.6) is 0 Å². The molecule has 1 rings (SSSR count). The molecule has 0 aromatic heterocycles. The largest absolute Gasteiger partial charge is 0.383 e. The fraction of sp³-hybridized carbons (Fsp3) is 0.929. The van der Waals surface area contributed by atoms with Crippen molar-refractivity contribution in [2.45, 2.75) is 51.1 Å². The van der Waals surface area contributed by atoms with Gasteiger partial charge in [0.05, 0.1) is 13.2 Å². The second-order valence-corrected chi connectivity index (χ2v) is 5.54. The SMILES string of the molecule is COCC(C)NC(N)=NCCN(C)C1CCCCC1.I. The maximum atomic E-state index is 5.83. The van der Waals surface area contributed by atoms with Crippen molar-refractivity contribution in [2.24, 2.45) is 10.7 Å². The molecule has 0 amide bonds. The van der Waals surface area contributed by atoms with Gasteiger partial charge in [-0.1, -0.05) is 19.3 Å². The monoisotopic (exact) mass is 398 g/mol. The summed E-state index contributed by atoms with van der Waals surface area (Å²) in [5, 5.41) is 3.12. The third-order valence-electron chi connectivity index (χ3n) is 3.74. The van der Waals surface area contributed by atoms with Crippen molar-refractivity contribution in [3.8, 4) is 0 Å². The van der Waals surface area contributed by atoms with Gasteiger partial charge in [-0.25, -0.2) is 0 Å². The Balaban J connectivity index is 0.00000361.